The van der Waals surface area contributed by atoms with Crippen molar-refractivity contribution in [1.82, 2.24) is 4.90 Å². The van der Waals surface area contributed by atoms with Gasteiger partial charge in [-0.15, -0.1) is 0 Å². The summed E-state index contributed by atoms with van der Waals surface area (Å²) in [6.07, 6.45) is 1.73. The van der Waals surface area contributed by atoms with Crippen molar-refractivity contribution in [1.29, 1.82) is 0 Å². The number of nitro benzene ring substituents is 1. The highest BCUT2D eigenvalue weighted by molar-refractivity contribution is 6.30. The van der Waals surface area contributed by atoms with Crippen LogP contribution in [-0.4, -0.2) is 41.9 Å². The Balaban J connectivity index is 1.58. The zero-order valence-corrected chi connectivity index (χ0v) is 18.1. The van der Waals surface area contributed by atoms with E-state index in [4.69, 9.17) is 11.6 Å². The number of carbonyl (C=O) groups is 1. The van der Waals surface area contributed by atoms with E-state index in [1.165, 1.54) is 12.1 Å². The third kappa shape index (κ3) is 4.98. The Hall–Kier alpha value is -3.64. The van der Waals surface area contributed by atoms with Crippen molar-refractivity contribution in [2.24, 2.45) is 0 Å². The third-order valence-corrected chi connectivity index (χ3v) is 5.68. The normalized spacial score (nSPS) is 14.3. The lowest BCUT2D eigenvalue weighted by atomic mass is 10.0. The quantitative estimate of drug-likeness (QED) is 0.235. The van der Waals surface area contributed by atoms with Crippen LogP contribution >= 0.6 is 11.6 Å². The number of anilines is 1. The molecule has 0 radical (unpaired) electrons. The van der Waals surface area contributed by atoms with Gasteiger partial charge in [0.1, 0.15) is 0 Å². The lowest BCUT2D eigenvalue weighted by Crippen LogP contribution is -2.49. The van der Waals surface area contributed by atoms with Gasteiger partial charge in [0.15, 0.2) is 0 Å². The van der Waals surface area contributed by atoms with E-state index in [-0.39, 0.29) is 11.6 Å². The molecule has 0 N–H and O–H groups in total. The fraction of sp³-hybridized carbons (Fsp3) is 0.160. The van der Waals surface area contributed by atoms with E-state index < -0.39 is 4.92 Å². The Bertz CT molecular complexity index is 1160. The van der Waals surface area contributed by atoms with Crippen LogP contribution in [0, 0.1) is 10.1 Å². The van der Waals surface area contributed by atoms with Gasteiger partial charge in [0.05, 0.1) is 4.92 Å². The molecule has 6 nitrogen and oxygen atoms in total. The molecule has 0 aliphatic carbocycles. The lowest BCUT2D eigenvalue weighted by Gasteiger charge is -2.36. The van der Waals surface area contributed by atoms with E-state index in [9.17, 15) is 14.9 Å². The van der Waals surface area contributed by atoms with Gasteiger partial charge in [-0.05, 0) is 35.4 Å². The standard InChI is InChI=1S/C25H22ClN3O3/c26-21-9-5-10-22(18-21)27-12-14-28(15-13-27)25(30)24(20-7-2-1-3-8-20)17-19-6-4-11-23(16-19)29(31)32/h1-11,16-18H,12-15H2/b24-17+. The second-order valence-corrected chi connectivity index (χ2v) is 7.97. The van der Waals surface area contributed by atoms with Crippen LogP contribution in [0.3, 0.4) is 0 Å². The number of carbonyl (C=O) groups excluding carboxylic acids is 1. The predicted octanol–water partition coefficient (Wildman–Crippen LogP) is 5.14. The van der Waals surface area contributed by atoms with Gasteiger partial charge in [0, 0.05) is 54.6 Å². The summed E-state index contributed by atoms with van der Waals surface area (Å²) in [5.41, 5.74) is 2.95. The van der Waals surface area contributed by atoms with Gasteiger partial charge in [-0.1, -0.05) is 60.1 Å². The highest BCUT2D eigenvalue weighted by Gasteiger charge is 2.25. The maximum Gasteiger partial charge on any atom is 0.270 e. The van der Waals surface area contributed by atoms with Gasteiger partial charge in [-0.25, -0.2) is 0 Å². The van der Waals surface area contributed by atoms with Crippen molar-refractivity contribution >= 4 is 40.5 Å². The number of non-ortho nitro benzene ring substituents is 1. The molecule has 1 amide bonds. The molecule has 3 aromatic carbocycles. The minimum atomic E-state index is -0.434. The first-order chi connectivity index (χ1) is 15.5. The summed E-state index contributed by atoms with van der Waals surface area (Å²) < 4.78 is 0. The fourth-order valence-electron chi connectivity index (χ4n) is 3.79. The summed E-state index contributed by atoms with van der Waals surface area (Å²) >= 11 is 6.12. The fourth-order valence-corrected chi connectivity index (χ4v) is 3.98. The number of rotatable bonds is 5. The van der Waals surface area contributed by atoms with Gasteiger partial charge < -0.3 is 9.80 Å². The molecular weight excluding hydrogens is 426 g/mol. The van der Waals surface area contributed by atoms with E-state index >= 15 is 0 Å². The number of nitrogens with zero attached hydrogens (tertiary/aromatic N) is 3. The summed E-state index contributed by atoms with van der Waals surface area (Å²) in [7, 11) is 0. The van der Waals surface area contributed by atoms with Crippen LogP contribution in [0.15, 0.2) is 78.9 Å². The molecule has 0 spiro atoms. The average molecular weight is 448 g/mol. The Morgan fingerprint density at radius 1 is 0.906 bits per heavy atom. The van der Waals surface area contributed by atoms with Gasteiger partial charge in [0.25, 0.3) is 11.6 Å². The zero-order valence-electron chi connectivity index (χ0n) is 17.4. The van der Waals surface area contributed by atoms with Gasteiger partial charge >= 0.3 is 0 Å². The Morgan fingerprint density at radius 3 is 2.31 bits per heavy atom. The summed E-state index contributed by atoms with van der Waals surface area (Å²) in [5.74, 6) is -0.0894. The molecule has 0 saturated carbocycles. The minimum Gasteiger partial charge on any atom is -0.368 e. The molecule has 32 heavy (non-hydrogen) atoms. The van der Waals surface area contributed by atoms with Crippen molar-refractivity contribution in [2.45, 2.75) is 0 Å². The number of hydrogen-bond donors (Lipinski definition) is 0. The minimum absolute atomic E-state index is 0.00579. The molecule has 1 aliphatic heterocycles. The number of amides is 1. The second kappa shape index (κ2) is 9.66. The van der Waals surface area contributed by atoms with Crippen LogP contribution in [-0.2, 0) is 4.79 Å². The summed E-state index contributed by atoms with van der Waals surface area (Å²) in [4.78, 5) is 28.3. The van der Waals surface area contributed by atoms with Crippen LogP contribution in [0.25, 0.3) is 11.6 Å². The first-order valence-corrected chi connectivity index (χ1v) is 10.7. The maximum absolute atomic E-state index is 13.5. The molecule has 1 aliphatic rings. The third-order valence-electron chi connectivity index (χ3n) is 5.45. The molecule has 0 aromatic heterocycles. The molecule has 0 unspecified atom stereocenters. The van der Waals surface area contributed by atoms with E-state index in [1.54, 1.807) is 18.2 Å². The molecule has 7 heteroatoms. The molecular formula is C25H22ClN3O3. The van der Waals surface area contributed by atoms with Crippen molar-refractivity contribution in [3.63, 3.8) is 0 Å². The van der Waals surface area contributed by atoms with Crippen molar-refractivity contribution in [3.8, 4) is 0 Å². The smallest absolute Gasteiger partial charge is 0.270 e. The molecule has 1 heterocycles. The summed E-state index contributed by atoms with van der Waals surface area (Å²) in [6.45, 7) is 2.55. The van der Waals surface area contributed by atoms with E-state index in [0.717, 1.165) is 11.3 Å². The topological polar surface area (TPSA) is 66.7 Å². The van der Waals surface area contributed by atoms with E-state index in [1.807, 2.05) is 59.5 Å². The molecule has 0 bridgehead atoms. The molecule has 0 atom stereocenters. The lowest BCUT2D eigenvalue weighted by molar-refractivity contribution is -0.384. The van der Waals surface area contributed by atoms with Crippen LogP contribution in [0.4, 0.5) is 11.4 Å². The highest BCUT2D eigenvalue weighted by atomic mass is 35.5. The summed E-state index contributed by atoms with van der Waals surface area (Å²) in [5, 5.41) is 11.8. The molecule has 3 aromatic rings. The average Bonchev–Trinajstić information content (AvgIpc) is 2.83. The van der Waals surface area contributed by atoms with Gasteiger partial charge in [0.2, 0.25) is 0 Å². The van der Waals surface area contributed by atoms with E-state index in [0.29, 0.717) is 42.3 Å². The molecule has 1 saturated heterocycles. The van der Waals surface area contributed by atoms with Crippen molar-refractivity contribution in [3.05, 3.63) is 105 Å². The van der Waals surface area contributed by atoms with Crippen LogP contribution in [0.2, 0.25) is 5.02 Å². The molecule has 162 valence electrons. The predicted molar refractivity (Wildman–Crippen MR) is 128 cm³/mol. The number of benzene rings is 3. The Kier molecular flexibility index (Phi) is 6.52. The first kappa shape index (κ1) is 21.6. The molecule has 4 rings (SSSR count). The van der Waals surface area contributed by atoms with Gasteiger partial charge in [-0.3, -0.25) is 14.9 Å². The largest absolute Gasteiger partial charge is 0.368 e. The van der Waals surface area contributed by atoms with Crippen LogP contribution in [0.5, 0.6) is 0 Å². The Labute approximate surface area is 191 Å². The maximum atomic E-state index is 13.5. The number of nitro groups is 1. The van der Waals surface area contributed by atoms with Crippen LogP contribution < -0.4 is 4.90 Å². The number of hydrogen-bond acceptors (Lipinski definition) is 4. The summed E-state index contributed by atoms with van der Waals surface area (Å²) in [6, 6.07) is 23.4. The zero-order chi connectivity index (χ0) is 22.5. The van der Waals surface area contributed by atoms with Crippen molar-refractivity contribution in [2.75, 3.05) is 31.1 Å². The second-order valence-electron chi connectivity index (χ2n) is 7.54. The van der Waals surface area contributed by atoms with E-state index in [2.05, 4.69) is 4.90 Å². The monoisotopic (exact) mass is 447 g/mol. The van der Waals surface area contributed by atoms with Gasteiger partial charge in [-0.2, -0.15) is 0 Å². The number of piperazine rings is 1. The number of halogens is 1. The SMILES string of the molecule is O=C(/C(=C/c1cccc([N+](=O)[O-])c1)c1ccccc1)N1CCN(c2cccc(Cl)c2)CC1. The highest BCUT2D eigenvalue weighted by Crippen LogP contribution is 2.25. The molecule has 1 fully saturated rings. The van der Waals surface area contributed by atoms with Crippen LogP contribution in [0.1, 0.15) is 11.1 Å². The first-order valence-electron chi connectivity index (χ1n) is 10.3. The van der Waals surface area contributed by atoms with Crippen molar-refractivity contribution < 1.29 is 9.72 Å². The Morgan fingerprint density at radius 2 is 1.62 bits per heavy atom.